The SMILES string of the molecule is CC1CC(C)CN(Cc2ccc3c(c2)C2(N=c4c(=C5C(=O)C(c6ccc7cccc8c7c6NC6(N8)c7cc(S(=O)(=O)N8CC(C)CC(C)C8)ccc7-c7ccc(S(=O)(=O)N8CC(C)CC(C)C8)cc76)=C5O)ccc5cccc(c45)N2)c2cc(CN4CC(C)CC(C)C4)ccc2-3)C1. The van der Waals surface area contributed by atoms with Crippen LogP contribution in [0, 0.1) is 47.3 Å². The lowest BCUT2D eigenvalue weighted by Crippen LogP contribution is -2.46. The Morgan fingerprint density at radius 1 is 0.458 bits per heavy atom. The van der Waals surface area contributed by atoms with Crippen LogP contribution in [-0.2, 0) is 49.3 Å². The molecule has 8 unspecified atom stereocenters. The van der Waals surface area contributed by atoms with Gasteiger partial charge < -0.3 is 21.1 Å². The van der Waals surface area contributed by atoms with Crippen LogP contribution in [0.4, 0.5) is 17.1 Å². The third kappa shape index (κ3) is 9.71. The van der Waals surface area contributed by atoms with Gasteiger partial charge in [0, 0.05) is 121 Å². The predicted molar refractivity (Wildman–Crippen MR) is 383 cm³/mol. The van der Waals surface area contributed by atoms with E-state index in [0.717, 1.165) is 113 Å². The molecule has 2 spiro atoms. The van der Waals surface area contributed by atoms with Crippen molar-refractivity contribution in [2.45, 2.75) is 115 Å². The van der Waals surface area contributed by atoms with Gasteiger partial charge in [0.1, 0.15) is 5.76 Å². The average Bonchev–Trinajstić information content (AvgIpc) is 1.43. The first-order valence-corrected chi connectivity index (χ1v) is 38.0. The first kappa shape index (κ1) is 61.9. The van der Waals surface area contributed by atoms with Crippen molar-refractivity contribution in [2.75, 3.05) is 68.3 Å². The molecule has 8 atom stereocenters. The summed E-state index contributed by atoms with van der Waals surface area (Å²) in [5.74, 6) is 2.64. The Morgan fingerprint density at radius 3 is 1.38 bits per heavy atom. The number of carbonyl (C=O) groups is 1. The Morgan fingerprint density at radius 2 is 0.885 bits per heavy atom. The Bertz CT molecular complexity index is 4860. The molecule has 6 heterocycles. The van der Waals surface area contributed by atoms with E-state index in [1.807, 2.05) is 54.6 Å². The summed E-state index contributed by atoms with van der Waals surface area (Å²) in [6, 6.07) is 44.5. The number of hydrogen-bond acceptors (Lipinski definition) is 12. The summed E-state index contributed by atoms with van der Waals surface area (Å²) in [6.45, 7) is 25.3. The molecule has 8 aromatic rings. The lowest BCUT2D eigenvalue weighted by atomic mass is 9.79. The van der Waals surface area contributed by atoms with E-state index in [4.69, 9.17) is 4.99 Å². The molecule has 0 radical (unpaired) electrons. The molecule has 0 saturated carbocycles. The fraction of sp³-hybridized carbons (Fsp3) is 0.400. The molecule has 0 amide bonds. The number of anilines is 3. The number of aliphatic hydroxyl groups excluding tert-OH is 1. The molecule has 0 aromatic heterocycles. The van der Waals surface area contributed by atoms with Crippen LogP contribution in [0.25, 0.3) is 54.9 Å². The van der Waals surface area contributed by atoms with E-state index in [1.165, 1.54) is 24.0 Å². The summed E-state index contributed by atoms with van der Waals surface area (Å²) in [5, 5.41) is 29.6. The topological polar surface area (TPSA) is 167 Å². The normalized spacial score (nSPS) is 28.6. The number of aliphatic hydroxyl groups is 1. The number of nitrogens with zero attached hydrogens (tertiary/aromatic N) is 5. The maximum absolute atomic E-state index is 16.0. The van der Waals surface area contributed by atoms with Crippen LogP contribution in [-0.4, -0.2) is 98.5 Å². The molecule has 0 bridgehead atoms. The zero-order chi connectivity index (χ0) is 66.2. The number of nitrogens with one attached hydrogen (secondary N) is 3. The van der Waals surface area contributed by atoms with Gasteiger partial charge in [-0.2, -0.15) is 8.61 Å². The molecule has 494 valence electrons. The highest BCUT2D eigenvalue weighted by molar-refractivity contribution is 7.89. The summed E-state index contributed by atoms with van der Waals surface area (Å²) >= 11 is 0. The molecule has 8 aromatic carbocycles. The second kappa shape index (κ2) is 22.4. The van der Waals surface area contributed by atoms with E-state index >= 15 is 21.6 Å². The molecule has 4 saturated heterocycles. The molecule has 4 fully saturated rings. The summed E-state index contributed by atoms with van der Waals surface area (Å²) in [7, 11) is -8.04. The van der Waals surface area contributed by atoms with Crippen molar-refractivity contribution < 1.29 is 26.7 Å². The van der Waals surface area contributed by atoms with E-state index in [0.29, 0.717) is 88.5 Å². The highest BCUT2D eigenvalue weighted by Crippen LogP contribution is 2.57. The van der Waals surface area contributed by atoms with E-state index < -0.39 is 31.4 Å². The van der Waals surface area contributed by atoms with Crippen molar-refractivity contribution in [1.82, 2.24) is 18.4 Å². The fourth-order valence-corrected chi connectivity index (χ4v) is 22.7. The number of Topliss-reactive ketones (excluding diaryl/α,β-unsaturated/α-hetero) is 1. The van der Waals surface area contributed by atoms with Crippen LogP contribution in [0.2, 0.25) is 0 Å². The van der Waals surface area contributed by atoms with Crippen molar-refractivity contribution >= 4 is 75.6 Å². The van der Waals surface area contributed by atoms with Gasteiger partial charge in [0.05, 0.1) is 32.0 Å². The second-order valence-corrected chi connectivity index (χ2v) is 35.0. The van der Waals surface area contributed by atoms with Crippen LogP contribution in [0.15, 0.2) is 154 Å². The third-order valence-electron chi connectivity index (χ3n) is 22.7. The number of rotatable bonds is 9. The Hall–Kier alpha value is -7.70. The fourth-order valence-electron chi connectivity index (χ4n) is 19.3. The monoisotopic (exact) mass is 1320 g/mol. The Balaban J connectivity index is 0.838. The van der Waals surface area contributed by atoms with Crippen LogP contribution >= 0.6 is 0 Å². The van der Waals surface area contributed by atoms with Crippen molar-refractivity contribution in [3.8, 4) is 22.3 Å². The van der Waals surface area contributed by atoms with Gasteiger partial charge in [-0.15, -0.1) is 0 Å². The number of likely N-dealkylation sites (tertiary alicyclic amines) is 2. The van der Waals surface area contributed by atoms with Crippen LogP contribution in [0.5, 0.6) is 0 Å². The van der Waals surface area contributed by atoms with E-state index in [9.17, 15) is 5.11 Å². The number of ketones is 1. The minimum absolute atomic E-state index is 0.131. The molecule has 16 heteroatoms. The van der Waals surface area contributed by atoms with Gasteiger partial charge in [-0.3, -0.25) is 14.6 Å². The van der Waals surface area contributed by atoms with Gasteiger partial charge in [-0.25, -0.2) is 21.8 Å². The molecule has 14 nitrogen and oxygen atoms in total. The lowest BCUT2D eigenvalue weighted by Gasteiger charge is -2.42. The highest BCUT2D eigenvalue weighted by atomic mass is 32.2. The van der Waals surface area contributed by atoms with Crippen molar-refractivity contribution in [3.05, 3.63) is 189 Å². The van der Waals surface area contributed by atoms with E-state index in [1.54, 1.807) is 32.9 Å². The third-order valence-corrected chi connectivity index (χ3v) is 26.4. The molecular formula is C80H86N8O6S2. The number of hydrogen-bond donors (Lipinski definition) is 4. The van der Waals surface area contributed by atoms with E-state index in [-0.39, 0.29) is 56.2 Å². The number of piperidine rings is 4. The molecule has 9 aliphatic rings. The van der Waals surface area contributed by atoms with Gasteiger partial charge >= 0.3 is 0 Å². The number of allylic oxidation sites excluding steroid dienone is 2. The summed E-state index contributed by atoms with van der Waals surface area (Å²) < 4.78 is 63.3. The molecule has 3 aliphatic carbocycles. The van der Waals surface area contributed by atoms with Gasteiger partial charge in [0.15, 0.2) is 11.3 Å². The van der Waals surface area contributed by atoms with Crippen molar-refractivity contribution in [2.24, 2.45) is 52.3 Å². The van der Waals surface area contributed by atoms with Gasteiger partial charge in [0.25, 0.3) is 0 Å². The number of sulfonamides is 2. The number of fused-ring (bicyclic) bond motifs is 10. The Labute approximate surface area is 564 Å². The molecular weight excluding hydrogens is 1230 g/mol. The maximum Gasteiger partial charge on any atom is 0.243 e. The summed E-state index contributed by atoms with van der Waals surface area (Å²) in [5.41, 5.74) is 9.73. The summed E-state index contributed by atoms with van der Waals surface area (Å²) in [6.07, 6.45) is 4.33. The highest BCUT2D eigenvalue weighted by Gasteiger charge is 2.51. The standard InChI is InChI=1S/C80H86N8O6S2/c1-45-27-46(2)36-85(35-45)43-53-15-21-59-60-22-16-54(44-86-37-47(3)28-48(4)38-86)32-66(60)79(65(59)31-53)81-69-13-9-11-55-17-23-63(75(83-79)71(55)69)73-77(89)74(78(73)90)64-24-18-56-12-10-14-70-72(56)76(64)84-80(82-70)67-33-57(95(91,92)87-39-49(5)29-50(6)40-87)19-25-61(67)62-26-20-58(34-68(62)80)96(93,94)88-41-51(7)30-52(8)42-88/h9-26,31-34,45-52,81-82,84,89H,27-30,35-44H2,1-8H3. The minimum atomic E-state index is -4.02. The largest absolute Gasteiger partial charge is 0.506 e. The Kier molecular flexibility index (Phi) is 14.4. The predicted octanol–water partition coefficient (Wildman–Crippen LogP) is 13.6. The zero-order valence-electron chi connectivity index (χ0n) is 56.3. The zero-order valence-corrected chi connectivity index (χ0v) is 57.9. The molecule has 96 heavy (non-hydrogen) atoms. The molecule has 4 N–H and O–H groups in total. The average molecular weight is 1320 g/mol. The maximum atomic E-state index is 16.0. The van der Waals surface area contributed by atoms with Crippen LogP contribution in [0.1, 0.15) is 120 Å². The number of carbonyl (C=O) groups excluding carboxylic acids is 1. The van der Waals surface area contributed by atoms with Crippen molar-refractivity contribution in [1.29, 1.82) is 0 Å². The molecule has 6 aliphatic heterocycles. The quantitative estimate of drug-likeness (QED) is 0.109. The van der Waals surface area contributed by atoms with Gasteiger partial charge in [0.2, 0.25) is 25.8 Å². The minimum Gasteiger partial charge on any atom is -0.506 e. The van der Waals surface area contributed by atoms with Crippen LogP contribution in [0.3, 0.4) is 0 Å². The first-order valence-electron chi connectivity index (χ1n) is 35.1. The van der Waals surface area contributed by atoms with Gasteiger partial charge in [-0.05, 0) is 166 Å². The smallest absolute Gasteiger partial charge is 0.243 e. The second-order valence-electron chi connectivity index (χ2n) is 31.1. The van der Waals surface area contributed by atoms with E-state index in [2.05, 4.69) is 136 Å². The first-order chi connectivity index (χ1) is 46.0. The number of benzene rings is 8. The van der Waals surface area contributed by atoms with Crippen LogP contribution < -0.4 is 26.5 Å². The summed E-state index contributed by atoms with van der Waals surface area (Å²) in [4.78, 5) is 27.4. The van der Waals surface area contributed by atoms with Crippen molar-refractivity contribution in [3.63, 3.8) is 0 Å². The lowest BCUT2D eigenvalue weighted by molar-refractivity contribution is -0.109. The van der Waals surface area contributed by atoms with Gasteiger partial charge in [-0.1, -0.05) is 140 Å². The molecule has 17 rings (SSSR count).